The van der Waals surface area contributed by atoms with E-state index < -0.39 is 5.41 Å². The van der Waals surface area contributed by atoms with Crippen molar-refractivity contribution in [3.05, 3.63) is 35.9 Å². The van der Waals surface area contributed by atoms with Gasteiger partial charge in [0.1, 0.15) is 5.41 Å². The van der Waals surface area contributed by atoms with Crippen molar-refractivity contribution < 1.29 is 14.3 Å². The molecule has 2 aliphatic rings. The van der Waals surface area contributed by atoms with E-state index in [9.17, 15) is 9.59 Å². The Morgan fingerprint density at radius 2 is 1.93 bits per heavy atom. The second-order valence-electron chi connectivity index (χ2n) is 3.80. The standard InChI is InChI=1S/C11H8O3/c12-9-8-6-11(8,10(13)14-9)7-4-2-1-3-5-7/h1-5,8H,6H2. The number of hydrogen-bond donors (Lipinski definition) is 0. The molecule has 2 fully saturated rings. The van der Waals surface area contributed by atoms with Crippen LogP contribution in [0.5, 0.6) is 0 Å². The molecule has 0 aromatic heterocycles. The Bertz CT molecular complexity index is 423. The molecule has 1 saturated heterocycles. The van der Waals surface area contributed by atoms with Gasteiger partial charge in [0, 0.05) is 0 Å². The van der Waals surface area contributed by atoms with Crippen molar-refractivity contribution in [2.75, 3.05) is 0 Å². The molecule has 0 N–H and O–H groups in total. The van der Waals surface area contributed by atoms with Crippen molar-refractivity contribution in [3.8, 4) is 0 Å². The third-order valence-electron chi connectivity index (χ3n) is 3.09. The predicted octanol–water partition coefficient (Wildman–Crippen LogP) is 1.03. The van der Waals surface area contributed by atoms with Crippen molar-refractivity contribution in [2.24, 2.45) is 5.92 Å². The summed E-state index contributed by atoms with van der Waals surface area (Å²) in [6.45, 7) is 0. The third kappa shape index (κ3) is 0.726. The van der Waals surface area contributed by atoms with Gasteiger partial charge in [-0.15, -0.1) is 0 Å². The van der Waals surface area contributed by atoms with E-state index in [4.69, 9.17) is 0 Å². The maximum atomic E-state index is 11.5. The first-order valence-corrected chi connectivity index (χ1v) is 4.57. The zero-order valence-corrected chi connectivity index (χ0v) is 7.40. The van der Waals surface area contributed by atoms with Gasteiger partial charge in [0.2, 0.25) is 0 Å². The summed E-state index contributed by atoms with van der Waals surface area (Å²) in [4.78, 5) is 22.7. The number of esters is 2. The molecule has 0 bridgehead atoms. The first-order valence-electron chi connectivity index (χ1n) is 4.57. The summed E-state index contributed by atoms with van der Waals surface area (Å²) in [5.41, 5.74) is 0.277. The van der Waals surface area contributed by atoms with Crippen molar-refractivity contribution in [1.82, 2.24) is 0 Å². The molecule has 1 aliphatic heterocycles. The van der Waals surface area contributed by atoms with E-state index in [0.29, 0.717) is 6.42 Å². The van der Waals surface area contributed by atoms with Crippen LogP contribution in [0.4, 0.5) is 0 Å². The van der Waals surface area contributed by atoms with Crippen molar-refractivity contribution in [2.45, 2.75) is 11.8 Å². The first-order chi connectivity index (χ1) is 6.75. The van der Waals surface area contributed by atoms with E-state index >= 15 is 0 Å². The number of ether oxygens (including phenoxy) is 1. The van der Waals surface area contributed by atoms with Crippen molar-refractivity contribution >= 4 is 11.9 Å². The third-order valence-corrected chi connectivity index (χ3v) is 3.09. The first kappa shape index (κ1) is 7.74. The average molecular weight is 188 g/mol. The lowest BCUT2D eigenvalue weighted by Gasteiger charge is -2.07. The van der Waals surface area contributed by atoms with Crippen molar-refractivity contribution in [3.63, 3.8) is 0 Å². The number of carbonyl (C=O) groups excluding carboxylic acids is 2. The molecule has 0 radical (unpaired) electrons. The fourth-order valence-corrected chi connectivity index (χ4v) is 2.20. The summed E-state index contributed by atoms with van der Waals surface area (Å²) in [6.07, 6.45) is 0.620. The minimum absolute atomic E-state index is 0.225. The largest absolute Gasteiger partial charge is 0.392 e. The fourth-order valence-electron chi connectivity index (χ4n) is 2.20. The molecule has 0 spiro atoms. The van der Waals surface area contributed by atoms with Crippen LogP contribution in [-0.2, 0) is 19.7 Å². The molecule has 1 saturated carbocycles. The number of fused-ring (bicyclic) bond motifs is 1. The Morgan fingerprint density at radius 1 is 1.21 bits per heavy atom. The second-order valence-corrected chi connectivity index (χ2v) is 3.80. The van der Waals surface area contributed by atoms with Crippen LogP contribution in [-0.4, -0.2) is 11.9 Å². The van der Waals surface area contributed by atoms with Gasteiger partial charge < -0.3 is 4.74 Å². The number of hydrogen-bond acceptors (Lipinski definition) is 3. The van der Waals surface area contributed by atoms with Gasteiger partial charge in [-0.25, -0.2) is 0 Å². The molecule has 14 heavy (non-hydrogen) atoms. The second kappa shape index (κ2) is 2.23. The van der Waals surface area contributed by atoms with Crippen LogP contribution in [0.3, 0.4) is 0 Å². The monoisotopic (exact) mass is 188 g/mol. The highest BCUT2D eigenvalue weighted by Gasteiger charge is 2.71. The van der Waals surface area contributed by atoms with Gasteiger partial charge in [-0.3, -0.25) is 9.59 Å². The molecule has 1 aromatic rings. The number of benzene rings is 1. The highest BCUT2D eigenvalue weighted by molar-refractivity contribution is 6.07. The van der Waals surface area contributed by atoms with E-state index in [1.54, 1.807) is 0 Å². The van der Waals surface area contributed by atoms with Gasteiger partial charge in [0.15, 0.2) is 0 Å². The molecule has 0 amide bonds. The Balaban J connectivity index is 2.09. The van der Waals surface area contributed by atoms with Gasteiger partial charge in [-0.1, -0.05) is 30.3 Å². The van der Waals surface area contributed by atoms with E-state index in [1.807, 2.05) is 30.3 Å². The normalized spacial score (nSPS) is 33.9. The Hall–Kier alpha value is -1.64. The van der Waals surface area contributed by atoms with Gasteiger partial charge >= 0.3 is 11.9 Å². The lowest BCUT2D eigenvalue weighted by Crippen LogP contribution is -2.18. The summed E-state index contributed by atoms with van der Waals surface area (Å²) < 4.78 is 4.60. The topological polar surface area (TPSA) is 43.4 Å². The summed E-state index contributed by atoms with van der Waals surface area (Å²) in [5, 5.41) is 0. The summed E-state index contributed by atoms with van der Waals surface area (Å²) >= 11 is 0. The maximum absolute atomic E-state index is 11.5. The van der Waals surface area contributed by atoms with Gasteiger partial charge in [0.05, 0.1) is 5.92 Å². The Morgan fingerprint density at radius 3 is 2.43 bits per heavy atom. The van der Waals surface area contributed by atoms with E-state index in [2.05, 4.69) is 4.74 Å². The molecule has 1 heterocycles. The van der Waals surface area contributed by atoms with Crippen LogP contribution in [0.2, 0.25) is 0 Å². The van der Waals surface area contributed by atoms with Crippen LogP contribution in [0.25, 0.3) is 0 Å². The summed E-state index contributed by atoms with van der Waals surface area (Å²) in [7, 11) is 0. The Kier molecular flexibility index (Phi) is 1.23. The molecule has 2 unspecified atom stereocenters. The highest BCUT2D eigenvalue weighted by atomic mass is 16.6. The van der Waals surface area contributed by atoms with Crippen LogP contribution >= 0.6 is 0 Å². The van der Waals surface area contributed by atoms with Crippen LogP contribution in [0.1, 0.15) is 12.0 Å². The zero-order chi connectivity index (χ0) is 9.76. The lowest BCUT2D eigenvalue weighted by molar-refractivity contribution is -0.155. The Labute approximate surface area is 80.7 Å². The zero-order valence-electron chi connectivity index (χ0n) is 7.40. The highest BCUT2D eigenvalue weighted by Crippen LogP contribution is 2.59. The molecule has 3 rings (SSSR count). The van der Waals surface area contributed by atoms with Crippen LogP contribution in [0.15, 0.2) is 30.3 Å². The summed E-state index contributed by atoms with van der Waals surface area (Å²) in [6, 6.07) is 9.38. The minimum Gasteiger partial charge on any atom is -0.392 e. The molecule has 3 heteroatoms. The molecule has 70 valence electrons. The molecular weight excluding hydrogens is 180 g/mol. The van der Waals surface area contributed by atoms with Gasteiger partial charge in [0.25, 0.3) is 0 Å². The van der Waals surface area contributed by atoms with Crippen LogP contribution in [0, 0.1) is 5.92 Å². The molecule has 1 aromatic carbocycles. The van der Waals surface area contributed by atoms with Gasteiger partial charge in [-0.05, 0) is 12.0 Å². The quantitative estimate of drug-likeness (QED) is 0.488. The molecule has 2 atom stereocenters. The van der Waals surface area contributed by atoms with E-state index in [1.165, 1.54) is 0 Å². The average Bonchev–Trinajstić information content (AvgIpc) is 2.90. The molecule has 3 nitrogen and oxygen atoms in total. The number of cyclic esters (lactones) is 2. The smallest absolute Gasteiger partial charge is 0.325 e. The maximum Gasteiger partial charge on any atom is 0.325 e. The lowest BCUT2D eigenvalue weighted by atomic mass is 9.95. The van der Waals surface area contributed by atoms with E-state index in [0.717, 1.165) is 5.56 Å². The molecular formula is C11H8O3. The van der Waals surface area contributed by atoms with Gasteiger partial charge in [-0.2, -0.15) is 0 Å². The number of carbonyl (C=O) groups is 2. The van der Waals surface area contributed by atoms with E-state index in [-0.39, 0.29) is 17.9 Å². The van der Waals surface area contributed by atoms with Crippen molar-refractivity contribution in [1.29, 1.82) is 0 Å². The summed E-state index contributed by atoms with van der Waals surface area (Å²) in [5.74, 6) is -0.963. The number of rotatable bonds is 1. The van der Waals surface area contributed by atoms with Crippen LogP contribution < -0.4 is 0 Å². The minimum atomic E-state index is -0.627. The fraction of sp³-hybridized carbons (Fsp3) is 0.273. The molecule has 1 aliphatic carbocycles. The SMILES string of the molecule is O=C1OC(=O)C2(c3ccccc3)CC12. The predicted molar refractivity (Wildman–Crippen MR) is 47.3 cm³/mol.